The Labute approximate surface area is 175 Å². The molecular formula is C22H18F3N5O. The fourth-order valence-corrected chi connectivity index (χ4v) is 4.11. The lowest BCUT2D eigenvalue weighted by Crippen LogP contribution is -2.24. The van der Waals surface area contributed by atoms with Crippen molar-refractivity contribution in [1.29, 1.82) is 0 Å². The third-order valence-electron chi connectivity index (χ3n) is 5.70. The molecule has 1 aromatic carbocycles. The molecule has 3 aromatic heterocycles. The molecule has 6 nitrogen and oxygen atoms in total. The van der Waals surface area contributed by atoms with E-state index in [-0.39, 0.29) is 11.3 Å². The topological polar surface area (TPSA) is 64.7 Å². The van der Waals surface area contributed by atoms with Crippen molar-refractivity contribution in [3.05, 3.63) is 76.2 Å². The summed E-state index contributed by atoms with van der Waals surface area (Å²) < 4.78 is 41.7. The van der Waals surface area contributed by atoms with Crippen LogP contribution in [0.4, 0.5) is 13.2 Å². The van der Waals surface area contributed by atoms with Crippen LogP contribution in [0.25, 0.3) is 27.8 Å². The number of nitrogens with zero attached hydrogens (tertiary/aromatic N) is 4. The van der Waals surface area contributed by atoms with Crippen molar-refractivity contribution in [2.75, 3.05) is 6.54 Å². The first kappa shape index (κ1) is 19.5. The maximum atomic E-state index is 12.8. The predicted octanol–water partition coefficient (Wildman–Crippen LogP) is 3.45. The maximum absolute atomic E-state index is 12.8. The second-order valence-corrected chi connectivity index (χ2v) is 7.52. The first-order valence-corrected chi connectivity index (χ1v) is 9.76. The fraction of sp³-hybridized carbons (Fsp3) is 0.227. The molecule has 0 spiro atoms. The number of aromatic nitrogens is 4. The summed E-state index contributed by atoms with van der Waals surface area (Å²) in [6, 6.07) is 8.91. The second kappa shape index (κ2) is 7.05. The Morgan fingerprint density at radius 3 is 2.65 bits per heavy atom. The summed E-state index contributed by atoms with van der Waals surface area (Å²) in [6.07, 6.45) is -0.297. The highest BCUT2D eigenvalue weighted by atomic mass is 19.4. The number of halogens is 3. The molecule has 158 valence electrons. The van der Waals surface area contributed by atoms with Gasteiger partial charge >= 0.3 is 6.18 Å². The van der Waals surface area contributed by atoms with E-state index in [2.05, 4.69) is 19.9 Å². The number of aryl methyl sites for hydroxylation is 1. The van der Waals surface area contributed by atoms with Gasteiger partial charge in [-0.25, -0.2) is 4.98 Å². The Kier molecular flexibility index (Phi) is 4.44. The highest BCUT2D eigenvalue weighted by Gasteiger charge is 2.32. The third-order valence-corrected chi connectivity index (χ3v) is 5.70. The minimum Gasteiger partial charge on any atom is -0.346 e. The Morgan fingerprint density at radius 1 is 1.10 bits per heavy atom. The molecule has 0 bridgehead atoms. The molecule has 9 heteroatoms. The van der Waals surface area contributed by atoms with Crippen LogP contribution < -0.4 is 10.9 Å². The van der Waals surface area contributed by atoms with Crippen molar-refractivity contribution in [2.24, 2.45) is 7.05 Å². The van der Waals surface area contributed by atoms with Crippen LogP contribution in [-0.2, 0) is 26.2 Å². The summed E-state index contributed by atoms with van der Waals surface area (Å²) in [4.78, 5) is 20.0. The van der Waals surface area contributed by atoms with Crippen LogP contribution in [0.3, 0.4) is 0 Å². The summed E-state index contributed by atoms with van der Waals surface area (Å²) in [5.41, 5.74) is 3.59. The summed E-state index contributed by atoms with van der Waals surface area (Å²) in [6.45, 7) is 1.76. The van der Waals surface area contributed by atoms with E-state index in [4.69, 9.17) is 0 Å². The minimum atomic E-state index is -4.56. The Bertz CT molecular complexity index is 1350. The summed E-state index contributed by atoms with van der Waals surface area (Å²) in [5.74, 6) is 0. The number of fused-ring (bicyclic) bond motifs is 3. The van der Waals surface area contributed by atoms with Gasteiger partial charge in [0.25, 0.3) is 5.56 Å². The molecule has 0 radical (unpaired) electrons. The van der Waals surface area contributed by atoms with Gasteiger partial charge in [0.05, 0.1) is 29.3 Å². The first-order valence-electron chi connectivity index (χ1n) is 9.76. The normalized spacial score (nSPS) is 14.1. The molecule has 0 atom stereocenters. The predicted molar refractivity (Wildman–Crippen MR) is 110 cm³/mol. The zero-order valence-electron chi connectivity index (χ0n) is 16.6. The largest absolute Gasteiger partial charge is 0.434 e. The number of benzene rings is 1. The van der Waals surface area contributed by atoms with Crippen molar-refractivity contribution in [1.82, 2.24) is 24.4 Å². The van der Waals surface area contributed by atoms with Gasteiger partial charge < -0.3 is 9.88 Å². The van der Waals surface area contributed by atoms with Crippen LogP contribution in [0.5, 0.6) is 0 Å². The van der Waals surface area contributed by atoms with Gasteiger partial charge in [0, 0.05) is 42.5 Å². The number of pyridine rings is 1. The van der Waals surface area contributed by atoms with Crippen LogP contribution in [0.2, 0.25) is 0 Å². The molecule has 31 heavy (non-hydrogen) atoms. The molecule has 4 aromatic rings. The molecule has 0 saturated heterocycles. The van der Waals surface area contributed by atoms with E-state index in [1.54, 1.807) is 12.3 Å². The lowest BCUT2D eigenvalue weighted by Gasteiger charge is -2.14. The molecule has 1 N–H and O–H groups in total. The Morgan fingerprint density at radius 2 is 1.94 bits per heavy atom. The zero-order chi connectivity index (χ0) is 21.8. The van der Waals surface area contributed by atoms with Gasteiger partial charge in [-0.05, 0) is 36.7 Å². The highest BCUT2D eigenvalue weighted by Crippen LogP contribution is 2.30. The molecule has 4 heterocycles. The summed E-state index contributed by atoms with van der Waals surface area (Å²) >= 11 is 0. The van der Waals surface area contributed by atoms with Crippen molar-refractivity contribution >= 4 is 10.9 Å². The molecule has 0 aliphatic carbocycles. The molecule has 0 unspecified atom stereocenters. The molecule has 5 rings (SSSR count). The average molecular weight is 425 g/mol. The Hall–Kier alpha value is -3.46. The van der Waals surface area contributed by atoms with Gasteiger partial charge in [0.1, 0.15) is 0 Å². The van der Waals surface area contributed by atoms with E-state index < -0.39 is 11.9 Å². The SMILES string of the molecule is Cn1c2c(c3ccc(-n4ccc(-c5cnc(C(F)(F)F)cn5)cc4=O)cc31)CCNC2. The van der Waals surface area contributed by atoms with E-state index in [1.165, 1.54) is 27.3 Å². The zero-order valence-corrected chi connectivity index (χ0v) is 16.6. The van der Waals surface area contributed by atoms with E-state index in [0.717, 1.165) is 31.2 Å². The molecule has 0 amide bonds. The quantitative estimate of drug-likeness (QED) is 0.534. The van der Waals surface area contributed by atoms with Gasteiger partial charge in [-0.15, -0.1) is 0 Å². The van der Waals surface area contributed by atoms with Gasteiger partial charge in [0.15, 0.2) is 5.69 Å². The number of rotatable bonds is 2. The average Bonchev–Trinajstić information content (AvgIpc) is 3.05. The molecule has 1 aliphatic heterocycles. The second-order valence-electron chi connectivity index (χ2n) is 7.52. The lowest BCUT2D eigenvalue weighted by atomic mass is 10.0. The van der Waals surface area contributed by atoms with Gasteiger partial charge in [-0.2, -0.15) is 13.2 Å². The highest BCUT2D eigenvalue weighted by molar-refractivity contribution is 5.87. The van der Waals surface area contributed by atoms with E-state index in [1.807, 2.05) is 25.2 Å². The van der Waals surface area contributed by atoms with Crippen LogP contribution in [0.1, 0.15) is 17.0 Å². The van der Waals surface area contributed by atoms with Gasteiger partial charge in [-0.1, -0.05) is 6.07 Å². The van der Waals surface area contributed by atoms with Crippen molar-refractivity contribution in [2.45, 2.75) is 19.1 Å². The van der Waals surface area contributed by atoms with E-state index in [9.17, 15) is 18.0 Å². The van der Waals surface area contributed by atoms with Crippen LogP contribution in [0.15, 0.2) is 53.7 Å². The molecule has 0 saturated carbocycles. The Balaban J connectivity index is 1.52. The third kappa shape index (κ3) is 3.31. The van der Waals surface area contributed by atoms with E-state index >= 15 is 0 Å². The molecule has 0 fully saturated rings. The molecular weight excluding hydrogens is 407 g/mol. The number of nitrogens with one attached hydrogen (secondary N) is 1. The monoisotopic (exact) mass is 425 g/mol. The smallest absolute Gasteiger partial charge is 0.346 e. The van der Waals surface area contributed by atoms with Crippen LogP contribution in [0, 0.1) is 0 Å². The van der Waals surface area contributed by atoms with Crippen LogP contribution in [-0.4, -0.2) is 25.6 Å². The number of hydrogen-bond acceptors (Lipinski definition) is 4. The maximum Gasteiger partial charge on any atom is 0.434 e. The standard InChI is InChI=1S/C22H18F3N5O/c1-29-18-9-14(2-3-15(18)16-4-6-26-11-19(16)29)30-7-5-13(8-21(30)31)17-10-28-20(12-27-17)22(23,24)25/h2-3,5,7-10,12,26H,4,6,11H2,1H3. The minimum absolute atomic E-state index is 0.204. The van der Waals surface area contributed by atoms with Crippen molar-refractivity contribution < 1.29 is 13.2 Å². The summed E-state index contributed by atoms with van der Waals surface area (Å²) in [7, 11) is 2.02. The molecule has 1 aliphatic rings. The summed E-state index contributed by atoms with van der Waals surface area (Å²) in [5, 5.41) is 4.57. The first-order chi connectivity index (χ1) is 14.8. The fourth-order valence-electron chi connectivity index (χ4n) is 4.11. The van der Waals surface area contributed by atoms with Gasteiger partial charge in [-0.3, -0.25) is 14.3 Å². The lowest BCUT2D eigenvalue weighted by molar-refractivity contribution is -0.141. The van der Waals surface area contributed by atoms with E-state index in [0.29, 0.717) is 17.4 Å². The van der Waals surface area contributed by atoms with Crippen molar-refractivity contribution in [3.8, 4) is 16.9 Å². The van der Waals surface area contributed by atoms with Crippen LogP contribution >= 0.6 is 0 Å². The van der Waals surface area contributed by atoms with Crippen molar-refractivity contribution in [3.63, 3.8) is 0 Å². The number of alkyl halides is 3. The van der Waals surface area contributed by atoms with Gasteiger partial charge in [0.2, 0.25) is 0 Å². The number of hydrogen-bond donors (Lipinski definition) is 1.